The minimum atomic E-state index is -0.420. The molecule has 1 amide bonds. The number of aromatic nitrogens is 2. The first-order valence-corrected chi connectivity index (χ1v) is 6.48. The highest BCUT2D eigenvalue weighted by molar-refractivity contribution is 6.28. The van der Waals surface area contributed by atoms with Crippen molar-refractivity contribution in [1.29, 1.82) is 0 Å². The fourth-order valence-corrected chi connectivity index (χ4v) is 1.92. The Morgan fingerprint density at radius 1 is 1.53 bits per heavy atom. The number of rotatable bonds is 3. The van der Waals surface area contributed by atoms with Crippen LogP contribution in [-0.2, 0) is 9.47 Å². The summed E-state index contributed by atoms with van der Waals surface area (Å²) in [6.45, 7) is 4.12. The number of halogens is 1. The molecule has 1 aliphatic rings. The monoisotopic (exact) mass is 285 g/mol. The SMILES string of the molecule is CC(C)NC(=O)O[C@@H]1CO[C@H](c2cnc(Cl)nc2)C1. The zero-order chi connectivity index (χ0) is 13.8. The third-order valence-electron chi connectivity index (χ3n) is 2.65. The molecule has 1 aromatic heterocycles. The first-order chi connectivity index (χ1) is 9.04. The summed E-state index contributed by atoms with van der Waals surface area (Å²) in [5.41, 5.74) is 0.833. The number of alkyl carbamates (subject to hydrolysis) is 1. The van der Waals surface area contributed by atoms with E-state index in [9.17, 15) is 4.79 Å². The van der Waals surface area contributed by atoms with Gasteiger partial charge >= 0.3 is 6.09 Å². The van der Waals surface area contributed by atoms with Crippen LogP contribution in [0.4, 0.5) is 4.79 Å². The zero-order valence-corrected chi connectivity index (χ0v) is 11.6. The lowest BCUT2D eigenvalue weighted by atomic mass is 10.1. The molecule has 0 spiro atoms. The van der Waals surface area contributed by atoms with E-state index < -0.39 is 6.09 Å². The van der Waals surface area contributed by atoms with Crippen molar-refractivity contribution >= 4 is 17.7 Å². The molecular formula is C12H16ClN3O3. The van der Waals surface area contributed by atoms with Crippen molar-refractivity contribution in [3.63, 3.8) is 0 Å². The van der Waals surface area contributed by atoms with E-state index in [0.717, 1.165) is 5.56 Å². The van der Waals surface area contributed by atoms with Gasteiger partial charge in [-0.05, 0) is 25.4 Å². The predicted octanol–water partition coefficient (Wildman–Crippen LogP) is 2.09. The van der Waals surface area contributed by atoms with Crippen LogP contribution in [-0.4, -0.2) is 34.8 Å². The topological polar surface area (TPSA) is 73.3 Å². The molecule has 104 valence electrons. The molecule has 2 heterocycles. The van der Waals surface area contributed by atoms with Gasteiger partial charge in [-0.1, -0.05) is 0 Å². The first kappa shape index (κ1) is 14.0. The van der Waals surface area contributed by atoms with E-state index >= 15 is 0 Å². The maximum Gasteiger partial charge on any atom is 0.407 e. The molecule has 1 fully saturated rings. The molecule has 1 aliphatic heterocycles. The van der Waals surface area contributed by atoms with Gasteiger partial charge in [0, 0.05) is 30.4 Å². The van der Waals surface area contributed by atoms with Crippen LogP contribution in [0.25, 0.3) is 0 Å². The quantitative estimate of drug-likeness (QED) is 0.861. The molecule has 0 aromatic carbocycles. The molecule has 1 saturated heterocycles. The Hall–Kier alpha value is -1.40. The largest absolute Gasteiger partial charge is 0.444 e. The van der Waals surface area contributed by atoms with Gasteiger partial charge in [0.1, 0.15) is 6.10 Å². The Labute approximate surface area is 116 Å². The standard InChI is InChI=1S/C12H16ClN3O3/c1-7(2)16-12(17)19-9-3-10(18-6-9)8-4-14-11(13)15-5-8/h4-5,7,9-10H,3,6H2,1-2H3,(H,16,17)/t9-,10-/m0/s1. The Kier molecular flexibility index (Phi) is 4.55. The summed E-state index contributed by atoms with van der Waals surface area (Å²) in [5.74, 6) is 0. The van der Waals surface area contributed by atoms with E-state index in [0.29, 0.717) is 13.0 Å². The van der Waals surface area contributed by atoms with Gasteiger partial charge < -0.3 is 14.8 Å². The van der Waals surface area contributed by atoms with Crippen LogP contribution in [0.1, 0.15) is 31.9 Å². The molecule has 0 bridgehead atoms. The number of hydrogen-bond acceptors (Lipinski definition) is 5. The van der Waals surface area contributed by atoms with Crippen LogP contribution in [0.15, 0.2) is 12.4 Å². The van der Waals surface area contributed by atoms with Gasteiger partial charge in [-0.15, -0.1) is 0 Å². The molecule has 0 saturated carbocycles. The fourth-order valence-electron chi connectivity index (χ4n) is 1.82. The molecule has 1 aromatic rings. The lowest BCUT2D eigenvalue weighted by Crippen LogP contribution is -2.33. The summed E-state index contributed by atoms with van der Waals surface area (Å²) in [7, 11) is 0. The highest BCUT2D eigenvalue weighted by Crippen LogP contribution is 2.29. The number of carbonyl (C=O) groups is 1. The molecule has 19 heavy (non-hydrogen) atoms. The van der Waals surface area contributed by atoms with Gasteiger partial charge in [0.2, 0.25) is 5.28 Å². The minimum absolute atomic E-state index is 0.0512. The second-order valence-electron chi connectivity index (χ2n) is 4.67. The third kappa shape index (κ3) is 4.04. The number of nitrogens with one attached hydrogen (secondary N) is 1. The second-order valence-corrected chi connectivity index (χ2v) is 5.01. The van der Waals surface area contributed by atoms with Crippen molar-refractivity contribution in [2.45, 2.75) is 38.5 Å². The van der Waals surface area contributed by atoms with Crippen LogP contribution in [0.3, 0.4) is 0 Å². The average molecular weight is 286 g/mol. The molecule has 7 heteroatoms. The smallest absolute Gasteiger partial charge is 0.407 e. The Morgan fingerprint density at radius 2 is 2.21 bits per heavy atom. The molecule has 1 N–H and O–H groups in total. The highest BCUT2D eigenvalue weighted by Gasteiger charge is 2.30. The fraction of sp³-hybridized carbons (Fsp3) is 0.583. The van der Waals surface area contributed by atoms with Crippen molar-refractivity contribution < 1.29 is 14.3 Å². The summed E-state index contributed by atoms with van der Waals surface area (Å²) in [5, 5.41) is 2.87. The summed E-state index contributed by atoms with van der Waals surface area (Å²) in [6, 6.07) is 0.0512. The molecular weight excluding hydrogens is 270 g/mol. The zero-order valence-electron chi connectivity index (χ0n) is 10.8. The average Bonchev–Trinajstić information content (AvgIpc) is 2.77. The molecule has 2 rings (SSSR count). The van der Waals surface area contributed by atoms with E-state index in [1.54, 1.807) is 12.4 Å². The van der Waals surface area contributed by atoms with Crippen LogP contribution < -0.4 is 5.32 Å². The van der Waals surface area contributed by atoms with Crippen molar-refractivity contribution in [2.75, 3.05) is 6.61 Å². The Balaban J connectivity index is 1.86. The summed E-state index contributed by atoms with van der Waals surface area (Å²) in [6.07, 6.45) is 3.01. The highest BCUT2D eigenvalue weighted by atomic mass is 35.5. The van der Waals surface area contributed by atoms with Crippen molar-refractivity contribution in [3.05, 3.63) is 23.2 Å². The molecule has 2 atom stereocenters. The van der Waals surface area contributed by atoms with Gasteiger partial charge in [-0.2, -0.15) is 0 Å². The normalized spacial score (nSPS) is 22.5. The van der Waals surface area contributed by atoms with Gasteiger partial charge in [0.15, 0.2) is 0 Å². The van der Waals surface area contributed by atoms with Gasteiger partial charge in [0.05, 0.1) is 12.7 Å². The lowest BCUT2D eigenvalue weighted by molar-refractivity contribution is 0.0690. The van der Waals surface area contributed by atoms with Crippen molar-refractivity contribution in [2.24, 2.45) is 0 Å². The minimum Gasteiger partial charge on any atom is -0.444 e. The van der Waals surface area contributed by atoms with Crippen LogP contribution in [0, 0.1) is 0 Å². The van der Waals surface area contributed by atoms with E-state index in [1.165, 1.54) is 0 Å². The number of nitrogens with zero attached hydrogens (tertiary/aromatic N) is 2. The molecule has 0 aliphatic carbocycles. The number of hydrogen-bond donors (Lipinski definition) is 1. The van der Waals surface area contributed by atoms with E-state index in [-0.39, 0.29) is 23.5 Å². The van der Waals surface area contributed by atoms with Gasteiger partial charge in [0.25, 0.3) is 0 Å². The van der Waals surface area contributed by atoms with E-state index in [1.807, 2.05) is 13.8 Å². The second kappa shape index (κ2) is 6.16. The maximum atomic E-state index is 11.5. The summed E-state index contributed by atoms with van der Waals surface area (Å²) >= 11 is 5.62. The first-order valence-electron chi connectivity index (χ1n) is 6.11. The van der Waals surface area contributed by atoms with Gasteiger partial charge in [-0.25, -0.2) is 14.8 Å². The van der Waals surface area contributed by atoms with Crippen molar-refractivity contribution in [1.82, 2.24) is 15.3 Å². The molecule has 0 unspecified atom stereocenters. The lowest BCUT2D eigenvalue weighted by Gasteiger charge is -2.13. The van der Waals surface area contributed by atoms with Gasteiger partial charge in [-0.3, -0.25) is 0 Å². The number of carbonyl (C=O) groups excluding carboxylic acids is 1. The van der Waals surface area contributed by atoms with Crippen LogP contribution in [0.5, 0.6) is 0 Å². The number of ether oxygens (including phenoxy) is 2. The van der Waals surface area contributed by atoms with Crippen molar-refractivity contribution in [3.8, 4) is 0 Å². The Morgan fingerprint density at radius 3 is 2.84 bits per heavy atom. The van der Waals surface area contributed by atoms with E-state index in [4.69, 9.17) is 21.1 Å². The molecule has 0 radical (unpaired) electrons. The Bertz CT molecular complexity index is 438. The van der Waals surface area contributed by atoms with Crippen LogP contribution in [0.2, 0.25) is 5.28 Å². The summed E-state index contributed by atoms with van der Waals surface area (Å²) in [4.78, 5) is 19.3. The van der Waals surface area contributed by atoms with Crippen LogP contribution >= 0.6 is 11.6 Å². The number of amides is 1. The maximum absolute atomic E-state index is 11.5. The predicted molar refractivity (Wildman–Crippen MR) is 68.9 cm³/mol. The third-order valence-corrected chi connectivity index (χ3v) is 2.85. The summed E-state index contributed by atoms with van der Waals surface area (Å²) < 4.78 is 10.8. The van der Waals surface area contributed by atoms with E-state index in [2.05, 4.69) is 15.3 Å². The molecule has 6 nitrogen and oxygen atoms in total.